The summed E-state index contributed by atoms with van der Waals surface area (Å²) in [5, 5.41) is 21.5. The zero-order valence-corrected chi connectivity index (χ0v) is 14.1. The number of hydrogen-bond acceptors (Lipinski definition) is 6. The predicted octanol–water partition coefficient (Wildman–Crippen LogP) is -3.05. The van der Waals surface area contributed by atoms with Crippen LogP contribution in [0, 0.1) is 0 Å². The average Bonchev–Trinajstić information content (AvgIpc) is 2.47. The standard InChI is InChI=1S/C12H22N6O6.ClH/c13-6(2-1-3-16-12(14)15)10(22)17-5-8(19)18-7(11(23)24)4-9(20)21;/h6-7H,1-5,13H2,(H,17,22)(H,18,19)(H,20,21)(H,23,24)(H4,14,15,16);1H/t6?,7-;/m0./s1. The quantitative estimate of drug-likeness (QED) is 0.109. The second-order valence-corrected chi connectivity index (χ2v) is 4.83. The molecular weight excluding hydrogens is 360 g/mol. The Labute approximate surface area is 149 Å². The highest BCUT2D eigenvalue weighted by Gasteiger charge is 2.23. The summed E-state index contributed by atoms with van der Waals surface area (Å²) in [5.41, 5.74) is 15.9. The van der Waals surface area contributed by atoms with Gasteiger partial charge in [0.05, 0.1) is 19.0 Å². The van der Waals surface area contributed by atoms with E-state index >= 15 is 0 Å². The van der Waals surface area contributed by atoms with E-state index < -0.39 is 48.8 Å². The molecule has 0 aromatic heterocycles. The topological polar surface area (TPSA) is 223 Å². The molecule has 0 fully saturated rings. The second-order valence-electron chi connectivity index (χ2n) is 4.83. The molecule has 12 nitrogen and oxygen atoms in total. The Kier molecular flexibility index (Phi) is 12.6. The van der Waals surface area contributed by atoms with E-state index in [0.717, 1.165) is 0 Å². The number of nitrogens with two attached hydrogens (primary N) is 3. The molecule has 0 saturated carbocycles. The van der Waals surface area contributed by atoms with Gasteiger partial charge in [-0.1, -0.05) is 0 Å². The molecule has 2 amide bonds. The van der Waals surface area contributed by atoms with Gasteiger partial charge in [-0.25, -0.2) is 4.79 Å². The summed E-state index contributed by atoms with van der Waals surface area (Å²) in [5.74, 6) is -4.40. The number of carbonyl (C=O) groups is 4. The number of carboxylic acid groups (broad SMARTS) is 2. The van der Waals surface area contributed by atoms with E-state index in [1.807, 2.05) is 5.32 Å². The van der Waals surface area contributed by atoms with Crippen molar-refractivity contribution in [2.24, 2.45) is 22.2 Å². The summed E-state index contributed by atoms with van der Waals surface area (Å²) in [6.07, 6.45) is -0.0430. The molecule has 13 heteroatoms. The zero-order valence-electron chi connectivity index (χ0n) is 13.3. The second kappa shape index (κ2) is 12.8. The lowest BCUT2D eigenvalue weighted by Crippen LogP contribution is -2.49. The van der Waals surface area contributed by atoms with Crippen molar-refractivity contribution in [3.63, 3.8) is 0 Å². The van der Waals surface area contributed by atoms with Gasteiger partial charge in [-0.3, -0.25) is 19.4 Å². The van der Waals surface area contributed by atoms with Crippen LogP contribution in [-0.4, -0.2) is 65.1 Å². The normalized spacial score (nSPS) is 12.0. The van der Waals surface area contributed by atoms with E-state index in [2.05, 4.69) is 10.3 Å². The van der Waals surface area contributed by atoms with Crippen molar-refractivity contribution in [1.29, 1.82) is 0 Å². The molecule has 0 rings (SSSR count). The maximum Gasteiger partial charge on any atom is 0.326 e. The van der Waals surface area contributed by atoms with Crippen LogP contribution in [-0.2, 0) is 19.2 Å². The largest absolute Gasteiger partial charge is 0.481 e. The van der Waals surface area contributed by atoms with Crippen LogP contribution >= 0.6 is 12.4 Å². The van der Waals surface area contributed by atoms with Crippen molar-refractivity contribution >= 4 is 42.1 Å². The maximum absolute atomic E-state index is 11.7. The monoisotopic (exact) mass is 382 g/mol. The average molecular weight is 383 g/mol. The minimum absolute atomic E-state index is 0. The highest BCUT2D eigenvalue weighted by Crippen LogP contribution is 1.96. The number of halogens is 1. The molecule has 0 heterocycles. The van der Waals surface area contributed by atoms with Gasteiger partial charge in [-0.05, 0) is 12.8 Å². The van der Waals surface area contributed by atoms with Crippen LogP contribution in [0.2, 0.25) is 0 Å². The molecular formula is C12H23ClN6O6. The molecule has 0 radical (unpaired) electrons. The number of nitrogens with zero attached hydrogens (tertiary/aromatic N) is 1. The van der Waals surface area contributed by atoms with Crippen molar-refractivity contribution in [3.8, 4) is 0 Å². The minimum Gasteiger partial charge on any atom is -0.481 e. The van der Waals surface area contributed by atoms with E-state index in [0.29, 0.717) is 13.0 Å². The zero-order chi connectivity index (χ0) is 18.7. The summed E-state index contributed by atoms with van der Waals surface area (Å²) in [4.78, 5) is 48.2. The Morgan fingerprint density at radius 1 is 1.12 bits per heavy atom. The Morgan fingerprint density at radius 2 is 1.72 bits per heavy atom. The van der Waals surface area contributed by atoms with Gasteiger partial charge in [0.2, 0.25) is 11.8 Å². The lowest BCUT2D eigenvalue weighted by Gasteiger charge is -2.14. The number of hydrogen-bond donors (Lipinski definition) is 7. The number of aliphatic imine (C=N–C) groups is 1. The van der Waals surface area contributed by atoms with E-state index in [4.69, 9.17) is 27.4 Å². The van der Waals surface area contributed by atoms with E-state index in [1.165, 1.54) is 0 Å². The van der Waals surface area contributed by atoms with Crippen molar-refractivity contribution in [1.82, 2.24) is 10.6 Å². The molecule has 0 aromatic carbocycles. The van der Waals surface area contributed by atoms with Gasteiger partial charge >= 0.3 is 11.9 Å². The smallest absolute Gasteiger partial charge is 0.326 e. The van der Waals surface area contributed by atoms with Gasteiger partial charge in [-0.2, -0.15) is 0 Å². The van der Waals surface area contributed by atoms with Crippen molar-refractivity contribution in [2.75, 3.05) is 13.1 Å². The third-order valence-corrected chi connectivity index (χ3v) is 2.74. The van der Waals surface area contributed by atoms with Gasteiger partial charge < -0.3 is 38.0 Å². The molecule has 0 bridgehead atoms. The van der Waals surface area contributed by atoms with Gasteiger partial charge in [0.25, 0.3) is 0 Å². The van der Waals surface area contributed by atoms with Crippen LogP contribution in [0.4, 0.5) is 0 Å². The summed E-state index contributed by atoms with van der Waals surface area (Å²) >= 11 is 0. The lowest BCUT2D eigenvalue weighted by atomic mass is 10.1. The molecule has 144 valence electrons. The Bertz CT molecular complexity index is 510. The van der Waals surface area contributed by atoms with Crippen LogP contribution in [0.1, 0.15) is 19.3 Å². The van der Waals surface area contributed by atoms with Gasteiger partial charge in [0.1, 0.15) is 6.04 Å². The lowest BCUT2D eigenvalue weighted by molar-refractivity contribution is -0.147. The molecule has 0 aliphatic carbocycles. The van der Waals surface area contributed by atoms with Gasteiger partial charge in [-0.15, -0.1) is 12.4 Å². The molecule has 10 N–H and O–H groups in total. The number of carboxylic acids is 2. The Hall–Kier alpha value is -2.60. The van der Waals surface area contributed by atoms with Crippen molar-refractivity contribution in [2.45, 2.75) is 31.3 Å². The van der Waals surface area contributed by atoms with Gasteiger partial charge in [0, 0.05) is 6.54 Å². The highest BCUT2D eigenvalue weighted by atomic mass is 35.5. The van der Waals surface area contributed by atoms with Crippen molar-refractivity contribution < 1.29 is 29.4 Å². The molecule has 2 atom stereocenters. The van der Waals surface area contributed by atoms with Crippen LogP contribution in [0.15, 0.2) is 4.99 Å². The molecule has 0 aliphatic heterocycles. The first-order chi connectivity index (χ1) is 11.1. The van der Waals surface area contributed by atoms with E-state index in [9.17, 15) is 19.2 Å². The molecule has 0 aromatic rings. The summed E-state index contributed by atoms with van der Waals surface area (Å²) in [7, 11) is 0. The fraction of sp³-hybridized carbons (Fsp3) is 0.583. The van der Waals surface area contributed by atoms with Crippen LogP contribution in [0.5, 0.6) is 0 Å². The van der Waals surface area contributed by atoms with Crippen LogP contribution in [0.25, 0.3) is 0 Å². The number of amides is 2. The number of nitrogens with one attached hydrogen (secondary N) is 2. The first kappa shape index (κ1) is 24.6. The summed E-state index contributed by atoms with van der Waals surface area (Å²) < 4.78 is 0. The predicted molar refractivity (Wildman–Crippen MR) is 90.0 cm³/mol. The van der Waals surface area contributed by atoms with Gasteiger partial charge in [0.15, 0.2) is 5.96 Å². The highest BCUT2D eigenvalue weighted by molar-refractivity contribution is 5.90. The fourth-order valence-electron chi connectivity index (χ4n) is 1.57. The third-order valence-electron chi connectivity index (χ3n) is 2.74. The molecule has 25 heavy (non-hydrogen) atoms. The van der Waals surface area contributed by atoms with Crippen LogP contribution < -0.4 is 27.8 Å². The first-order valence-corrected chi connectivity index (χ1v) is 6.96. The molecule has 0 aliphatic rings. The molecule has 0 saturated heterocycles. The molecule has 0 spiro atoms. The summed E-state index contributed by atoms with van der Waals surface area (Å²) in [6.45, 7) is -0.219. The van der Waals surface area contributed by atoms with Crippen LogP contribution in [0.3, 0.4) is 0 Å². The minimum atomic E-state index is -1.58. The number of rotatable bonds is 11. The number of guanidine groups is 1. The number of carbonyl (C=O) groups excluding carboxylic acids is 2. The fourth-order valence-corrected chi connectivity index (χ4v) is 1.57. The Balaban J connectivity index is 0. The summed E-state index contributed by atoms with van der Waals surface area (Å²) in [6, 6.07) is -2.47. The van der Waals surface area contributed by atoms with Crippen molar-refractivity contribution in [3.05, 3.63) is 0 Å². The third kappa shape index (κ3) is 12.5. The SMILES string of the molecule is Cl.NC(N)=NCCCC(N)C(=O)NCC(=O)N[C@@H](CC(=O)O)C(=O)O. The number of aliphatic carboxylic acids is 2. The first-order valence-electron chi connectivity index (χ1n) is 6.96. The van der Waals surface area contributed by atoms with E-state index in [1.54, 1.807) is 0 Å². The molecule has 1 unspecified atom stereocenters. The van der Waals surface area contributed by atoms with E-state index in [-0.39, 0.29) is 24.8 Å². The maximum atomic E-state index is 11.7. The Morgan fingerprint density at radius 3 is 2.20 bits per heavy atom.